The molecule has 0 fully saturated rings. The predicted molar refractivity (Wildman–Crippen MR) is 90.7 cm³/mol. The standard InChI is InChI=1S/C18H30N2O/c1-5-16(4)20(6-2)13-8-7-12-18(21)19-17-11-9-10-15(3)14-17/h9-11,14,16H,5-8,12-13H2,1-4H3,(H,19,21). The van der Waals surface area contributed by atoms with Gasteiger partial charge in [-0.3, -0.25) is 4.79 Å². The number of carbonyl (C=O) groups is 1. The van der Waals surface area contributed by atoms with Crippen molar-refractivity contribution < 1.29 is 4.79 Å². The lowest BCUT2D eigenvalue weighted by atomic mass is 10.1. The van der Waals surface area contributed by atoms with Gasteiger partial charge in [-0.1, -0.05) is 26.0 Å². The van der Waals surface area contributed by atoms with Gasteiger partial charge < -0.3 is 10.2 Å². The topological polar surface area (TPSA) is 32.3 Å². The molecule has 0 aliphatic carbocycles. The van der Waals surface area contributed by atoms with Gasteiger partial charge in [-0.05, 0) is 63.9 Å². The highest BCUT2D eigenvalue weighted by Crippen LogP contribution is 2.11. The summed E-state index contributed by atoms with van der Waals surface area (Å²) in [5.74, 6) is 0.118. The van der Waals surface area contributed by atoms with E-state index < -0.39 is 0 Å². The molecule has 0 aliphatic rings. The zero-order valence-corrected chi connectivity index (χ0v) is 14.0. The Morgan fingerprint density at radius 3 is 2.67 bits per heavy atom. The van der Waals surface area contributed by atoms with Crippen molar-refractivity contribution in [3.63, 3.8) is 0 Å². The molecule has 1 N–H and O–H groups in total. The summed E-state index contributed by atoms with van der Waals surface area (Å²) in [4.78, 5) is 14.4. The zero-order chi connectivity index (χ0) is 15.7. The number of hydrogen-bond donors (Lipinski definition) is 1. The molecule has 3 heteroatoms. The fourth-order valence-electron chi connectivity index (χ4n) is 2.50. The highest BCUT2D eigenvalue weighted by molar-refractivity contribution is 5.90. The first kappa shape index (κ1) is 17.7. The third-order valence-corrected chi connectivity index (χ3v) is 4.02. The minimum absolute atomic E-state index is 0.118. The Labute approximate surface area is 129 Å². The molecule has 0 aliphatic heterocycles. The lowest BCUT2D eigenvalue weighted by molar-refractivity contribution is -0.116. The van der Waals surface area contributed by atoms with Crippen LogP contribution >= 0.6 is 0 Å². The first-order chi connectivity index (χ1) is 10.1. The minimum Gasteiger partial charge on any atom is -0.326 e. The van der Waals surface area contributed by atoms with Crippen LogP contribution in [-0.2, 0) is 4.79 Å². The van der Waals surface area contributed by atoms with E-state index in [1.165, 1.54) is 12.0 Å². The van der Waals surface area contributed by atoms with Crippen LogP contribution in [0, 0.1) is 6.92 Å². The van der Waals surface area contributed by atoms with Crippen molar-refractivity contribution in [2.75, 3.05) is 18.4 Å². The molecule has 0 spiro atoms. The van der Waals surface area contributed by atoms with Gasteiger partial charge in [-0.2, -0.15) is 0 Å². The van der Waals surface area contributed by atoms with Gasteiger partial charge in [0, 0.05) is 18.2 Å². The van der Waals surface area contributed by atoms with E-state index in [4.69, 9.17) is 0 Å². The van der Waals surface area contributed by atoms with Crippen LogP contribution < -0.4 is 5.32 Å². The van der Waals surface area contributed by atoms with Crippen molar-refractivity contribution in [2.24, 2.45) is 0 Å². The van der Waals surface area contributed by atoms with Crippen LogP contribution in [-0.4, -0.2) is 29.9 Å². The molecule has 1 aromatic rings. The fraction of sp³-hybridized carbons (Fsp3) is 0.611. The molecule has 0 saturated heterocycles. The average Bonchev–Trinajstić information content (AvgIpc) is 2.46. The first-order valence-electron chi connectivity index (χ1n) is 8.17. The Bertz CT molecular complexity index is 431. The highest BCUT2D eigenvalue weighted by Gasteiger charge is 2.09. The molecule has 0 heterocycles. The number of aryl methyl sites for hydroxylation is 1. The zero-order valence-electron chi connectivity index (χ0n) is 14.0. The number of rotatable bonds is 9. The third-order valence-electron chi connectivity index (χ3n) is 4.02. The van der Waals surface area contributed by atoms with Crippen LogP contribution in [0.2, 0.25) is 0 Å². The molecular weight excluding hydrogens is 260 g/mol. The Morgan fingerprint density at radius 2 is 2.05 bits per heavy atom. The largest absolute Gasteiger partial charge is 0.326 e. The van der Waals surface area contributed by atoms with Gasteiger partial charge in [0.15, 0.2) is 0 Å². The number of carbonyl (C=O) groups excluding carboxylic acids is 1. The summed E-state index contributed by atoms with van der Waals surface area (Å²) in [6.45, 7) is 10.9. The van der Waals surface area contributed by atoms with E-state index >= 15 is 0 Å². The fourth-order valence-corrected chi connectivity index (χ4v) is 2.50. The van der Waals surface area contributed by atoms with Crippen LogP contribution in [0.1, 0.15) is 52.0 Å². The van der Waals surface area contributed by atoms with Crippen molar-refractivity contribution in [2.45, 2.75) is 59.4 Å². The molecule has 21 heavy (non-hydrogen) atoms. The highest BCUT2D eigenvalue weighted by atomic mass is 16.1. The Morgan fingerprint density at radius 1 is 1.29 bits per heavy atom. The SMILES string of the molecule is CCC(C)N(CC)CCCCC(=O)Nc1cccc(C)c1. The van der Waals surface area contributed by atoms with Gasteiger partial charge in [0.1, 0.15) is 0 Å². The lowest BCUT2D eigenvalue weighted by Crippen LogP contribution is -2.33. The summed E-state index contributed by atoms with van der Waals surface area (Å²) < 4.78 is 0. The normalized spacial score (nSPS) is 12.4. The Hall–Kier alpha value is -1.35. The van der Waals surface area contributed by atoms with Gasteiger partial charge in [0.05, 0.1) is 0 Å². The molecule has 3 nitrogen and oxygen atoms in total. The maximum atomic E-state index is 11.9. The van der Waals surface area contributed by atoms with E-state index in [-0.39, 0.29) is 5.91 Å². The first-order valence-corrected chi connectivity index (χ1v) is 8.17. The van der Waals surface area contributed by atoms with E-state index in [2.05, 4.69) is 31.0 Å². The number of amides is 1. The van der Waals surface area contributed by atoms with Gasteiger partial charge in [0.2, 0.25) is 5.91 Å². The smallest absolute Gasteiger partial charge is 0.224 e. The van der Waals surface area contributed by atoms with Gasteiger partial charge in [-0.15, -0.1) is 0 Å². The number of unbranched alkanes of at least 4 members (excludes halogenated alkanes) is 1. The van der Waals surface area contributed by atoms with E-state index in [1.54, 1.807) is 0 Å². The van der Waals surface area contributed by atoms with Crippen molar-refractivity contribution >= 4 is 11.6 Å². The van der Waals surface area contributed by atoms with Gasteiger partial charge in [-0.25, -0.2) is 0 Å². The van der Waals surface area contributed by atoms with Crippen LogP contribution in [0.25, 0.3) is 0 Å². The van der Waals surface area contributed by atoms with Crippen molar-refractivity contribution in [3.05, 3.63) is 29.8 Å². The molecule has 0 aromatic heterocycles. The number of nitrogens with one attached hydrogen (secondary N) is 1. The summed E-state index contributed by atoms with van der Waals surface area (Å²) in [5, 5.41) is 2.97. The lowest BCUT2D eigenvalue weighted by Gasteiger charge is -2.26. The second kappa shape index (κ2) is 9.56. The van der Waals surface area contributed by atoms with Crippen LogP contribution in [0.3, 0.4) is 0 Å². The molecule has 1 unspecified atom stereocenters. The molecule has 1 aromatic carbocycles. The van der Waals surface area contributed by atoms with E-state index in [0.717, 1.165) is 31.6 Å². The summed E-state index contributed by atoms with van der Waals surface area (Å²) >= 11 is 0. The second-order valence-corrected chi connectivity index (χ2v) is 5.76. The van der Waals surface area contributed by atoms with E-state index in [0.29, 0.717) is 12.5 Å². The second-order valence-electron chi connectivity index (χ2n) is 5.76. The molecular formula is C18H30N2O. The molecule has 1 rings (SSSR count). The van der Waals surface area contributed by atoms with Crippen LogP contribution in [0.15, 0.2) is 24.3 Å². The maximum absolute atomic E-state index is 11.9. The monoisotopic (exact) mass is 290 g/mol. The molecule has 0 radical (unpaired) electrons. The molecule has 1 atom stereocenters. The number of hydrogen-bond acceptors (Lipinski definition) is 2. The van der Waals surface area contributed by atoms with Crippen LogP contribution in [0.5, 0.6) is 0 Å². The Kier molecular flexibility index (Phi) is 8.06. The molecule has 118 valence electrons. The summed E-state index contributed by atoms with van der Waals surface area (Å²) in [7, 11) is 0. The maximum Gasteiger partial charge on any atom is 0.224 e. The quantitative estimate of drug-likeness (QED) is 0.690. The molecule has 0 saturated carbocycles. The van der Waals surface area contributed by atoms with Gasteiger partial charge in [0.25, 0.3) is 0 Å². The Balaban J connectivity index is 2.24. The molecule has 1 amide bonds. The third kappa shape index (κ3) is 6.76. The number of anilines is 1. The van der Waals surface area contributed by atoms with E-state index in [1.807, 2.05) is 31.2 Å². The summed E-state index contributed by atoms with van der Waals surface area (Å²) in [5.41, 5.74) is 2.06. The average molecular weight is 290 g/mol. The number of nitrogens with zero attached hydrogens (tertiary/aromatic N) is 1. The molecule has 0 bridgehead atoms. The summed E-state index contributed by atoms with van der Waals surface area (Å²) in [6.07, 6.45) is 3.82. The van der Waals surface area contributed by atoms with Crippen LogP contribution in [0.4, 0.5) is 5.69 Å². The van der Waals surface area contributed by atoms with Gasteiger partial charge >= 0.3 is 0 Å². The summed E-state index contributed by atoms with van der Waals surface area (Å²) in [6, 6.07) is 8.57. The van der Waals surface area contributed by atoms with Crippen molar-refractivity contribution in [3.8, 4) is 0 Å². The number of benzene rings is 1. The van der Waals surface area contributed by atoms with Crippen molar-refractivity contribution in [1.29, 1.82) is 0 Å². The minimum atomic E-state index is 0.118. The van der Waals surface area contributed by atoms with Crippen molar-refractivity contribution in [1.82, 2.24) is 4.90 Å². The predicted octanol–water partition coefficient (Wildman–Crippen LogP) is 4.22. The van der Waals surface area contributed by atoms with E-state index in [9.17, 15) is 4.79 Å².